The number of benzene rings is 2. The molecule has 2 aromatic heterocycles. The van der Waals surface area contributed by atoms with Crippen molar-refractivity contribution in [2.75, 3.05) is 18.6 Å². The molecule has 2 heterocycles. The van der Waals surface area contributed by atoms with Gasteiger partial charge in [-0.05, 0) is 36.4 Å². The number of carbonyl (C=O) groups is 1. The first kappa shape index (κ1) is 22.4. The minimum Gasteiger partial charge on any atom is -0.464 e. The van der Waals surface area contributed by atoms with E-state index >= 15 is 0 Å². The summed E-state index contributed by atoms with van der Waals surface area (Å²) in [6.07, 6.45) is 3.19. The molecule has 0 spiro atoms. The molecule has 0 unspecified atom stereocenters. The largest absolute Gasteiger partial charge is 0.464 e. The summed E-state index contributed by atoms with van der Waals surface area (Å²) >= 11 is 0. The van der Waals surface area contributed by atoms with Crippen molar-refractivity contribution in [2.45, 2.75) is 6.61 Å². The lowest BCUT2D eigenvalue weighted by molar-refractivity contribution is 0.0593. The maximum atomic E-state index is 13.2. The van der Waals surface area contributed by atoms with Crippen molar-refractivity contribution in [3.63, 3.8) is 0 Å². The van der Waals surface area contributed by atoms with Crippen molar-refractivity contribution in [2.24, 2.45) is 0 Å². The monoisotopic (exact) mass is 442 g/mol. The van der Waals surface area contributed by atoms with Crippen LogP contribution in [0.4, 0.5) is 20.2 Å². The first-order valence-electron chi connectivity index (χ1n) is 9.22. The zero-order chi connectivity index (χ0) is 23.3. The van der Waals surface area contributed by atoms with Gasteiger partial charge in [0.15, 0.2) is 5.69 Å². The lowest BCUT2D eigenvalue weighted by atomic mass is 10.3. The van der Waals surface area contributed by atoms with Crippen LogP contribution in [-0.4, -0.2) is 37.7 Å². The minimum absolute atomic E-state index is 0.0640. The number of carbonyl (C=O) groups excluding carboxylic acids is 1. The van der Waals surface area contributed by atoms with E-state index in [0.29, 0.717) is 17.1 Å². The van der Waals surface area contributed by atoms with E-state index in [-0.39, 0.29) is 23.7 Å². The van der Waals surface area contributed by atoms with Crippen LogP contribution < -0.4 is 11.5 Å². The molecule has 166 valence electrons. The summed E-state index contributed by atoms with van der Waals surface area (Å²) in [4.78, 5) is 11.2. The van der Waals surface area contributed by atoms with Crippen molar-refractivity contribution < 1.29 is 23.4 Å². The number of methoxy groups -OCH3 is 1. The number of esters is 1. The molecule has 0 amide bonds. The fourth-order valence-corrected chi connectivity index (χ4v) is 2.59. The average molecular weight is 442 g/mol. The van der Waals surface area contributed by atoms with Crippen LogP contribution in [0.15, 0.2) is 60.9 Å². The van der Waals surface area contributed by atoms with Crippen molar-refractivity contribution >= 4 is 17.3 Å². The first-order chi connectivity index (χ1) is 15.3. The highest BCUT2D eigenvalue weighted by molar-refractivity contribution is 5.86. The number of rotatable bonds is 4. The second-order valence-corrected chi connectivity index (χ2v) is 6.46. The molecule has 0 fully saturated rings. The van der Waals surface area contributed by atoms with Crippen LogP contribution in [0, 0.1) is 11.6 Å². The van der Waals surface area contributed by atoms with Crippen LogP contribution in [0.3, 0.4) is 0 Å². The van der Waals surface area contributed by atoms with Crippen molar-refractivity contribution in [3.05, 3.63) is 83.9 Å². The highest BCUT2D eigenvalue weighted by Gasteiger charge is 2.10. The minimum atomic E-state index is -0.542. The van der Waals surface area contributed by atoms with Gasteiger partial charge in [0.1, 0.15) is 11.6 Å². The maximum Gasteiger partial charge on any atom is 0.358 e. The Morgan fingerprint density at radius 3 is 1.94 bits per heavy atom. The normalized spacial score (nSPS) is 10.4. The third-order valence-electron chi connectivity index (χ3n) is 4.29. The smallest absolute Gasteiger partial charge is 0.358 e. The molecule has 0 saturated carbocycles. The van der Waals surface area contributed by atoms with Gasteiger partial charge >= 0.3 is 5.97 Å². The standard InChI is InChI=1S/C11H10FN3O2.C10H10FN3O/c1-17-11(16)10-4-5-15(14-10)7-2-3-9(13)8(12)6-7;11-9-5-8(1-2-10(9)12)14-4-3-7(6-15)13-14/h2-6H,13H2,1H3;1-5,15H,6,12H2. The summed E-state index contributed by atoms with van der Waals surface area (Å²) in [5, 5.41) is 16.8. The van der Waals surface area contributed by atoms with E-state index in [9.17, 15) is 13.6 Å². The Morgan fingerprint density at radius 1 is 0.938 bits per heavy atom. The maximum absolute atomic E-state index is 13.2. The van der Waals surface area contributed by atoms with E-state index < -0.39 is 17.6 Å². The predicted octanol–water partition coefficient (Wildman–Crippen LogP) is 2.47. The molecule has 0 aliphatic heterocycles. The van der Waals surface area contributed by atoms with E-state index in [2.05, 4.69) is 14.9 Å². The second-order valence-electron chi connectivity index (χ2n) is 6.46. The van der Waals surface area contributed by atoms with Gasteiger partial charge in [-0.25, -0.2) is 22.9 Å². The zero-order valence-corrected chi connectivity index (χ0v) is 16.9. The molecule has 2 aromatic carbocycles. The van der Waals surface area contributed by atoms with E-state index in [1.54, 1.807) is 24.4 Å². The molecule has 11 heteroatoms. The number of aromatic nitrogens is 4. The quantitative estimate of drug-likeness (QED) is 0.326. The number of nitrogens with zero attached hydrogens (tertiary/aromatic N) is 4. The number of aliphatic hydroxyl groups excluding tert-OH is 1. The molecule has 32 heavy (non-hydrogen) atoms. The lowest BCUT2D eigenvalue weighted by Crippen LogP contribution is -2.04. The Balaban J connectivity index is 0.000000182. The number of nitrogen functional groups attached to an aromatic ring is 2. The molecular formula is C21H20F2N6O3. The summed E-state index contributed by atoms with van der Waals surface area (Å²) in [6.45, 7) is -0.134. The summed E-state index contributed by atoms with van der Waals surface area (Å²) < 4.78 is 33.7. The van der Waals surface area contributed by atoms with Gasteiger partial charge in [-0.1, -0.05) is 0 Å². The summed E-state index contributed by atoms with van der Waals surface area (Å²) in [7, 11) is 1.27. The SMILES string of the molecule is COC(=O)c1ccn(-c2ccc(N)c(F)c2)n1.Nc1ccc(-n2ccc(CO)n2)cc1F. The topological polar surface area (TPSA) is 134 Å². The van der Waals surface area contributed by atoms with Gasteiger partial charge in [0, 0.05) is 24.5 Å². The highest BCUT2D eigenvalue weighted by Crippen LogP contribution is 2.16. The number of hydrogen-bond donors (Lipinski definition) is 3. The molecule has 4 rings (SSSR count). The van der Waals surface area contributed by atoms with E-state index in [0.717, 1.165) is 0 Å². The van der Waals surface area contributed by atoms with Gasteiger partial charge in [-0.2, -0.15) is 10.2 Å². The summed E-state index contributed by atoms with van der Waals surface area (Å²) in [5.41, 5.74) is 12.6. The molecule has 5 N–H and O–H groups in total. The molecule has 0 aliphatic carbocycles. The molecule has 0 radical (unpaired) electrons. The van der Waals surface area contributed by atoms with Crippen LogP contribution in [0.25, 0.3) is 11.4 Å². The van der Waals surface area contributed by atoms with Crippen molar-refractivity contribution in [3.8, 4) is 11.4 Å². The van der Waals surface area contributed by atoms with Gasteiger partial charge in [-0.3, -0.25) is 0 Å². The number of anilines is 2. The highest BCUT2D eigenvalue weighted by atomic mass is 19.1. The Kier molecular flexibility index (Phi) is 6.80. The van der Waals surface area contributed by atoms with Gasteiger partial charge in [0.2, 0.25) is 0 Å². The van der Waals surface area contributed by atoms with Gasteiger partial charge in [-0.15, -0.1) is 0 Å². The van der Waals surface area contributed by atoms with Crippen LogP contribution in [-0.2, 0) is 11.3 Å². The second kappa shape index (κ2) is 9.71. The molecular weight excluding hydrogens is 422 g/mol. The summed E-state index contributed by atoms with van der Waals surface area (Å²) in [6, 6.07) is 11.9. The number of aliphatic hydroxyl groups is 1. The zero-order valence-electron chi connectivity index (χ0n) is 16.9. The van der Waals surface area contributed by atoms with Crippen molar-refractivity contribution in [1.29, 1.82) is 0 Å². The van der Waals surface area contributed by atoms with Gasteiger partial charge < -0.3 is 21.3 Å². The molecule has 0 saturated heterocycles. The lowest BCUT2D eigenvalue weighted by Gasteiger charge is -2.02. The summed E-state index contributed by atoms with van der Waals surface area (Å²) in [5.74, 6) is -1.55. The fraction of sp³-hybridized carbons (Fsp3) is 0.0952. The Bertz CT molecular complexity index is 1240. The van der Waals surface area contributed by atoms with Crippen LogP contribution in [0.1, 0.15) is 16.2 Å². The number of nitrogens with two attached hydrogens (primary N) is 2. The van der Waals surface area contributed by atoms with Gasteiger partial charge in [0.05, 0.1) is 42.2 Å². The molecule has 9 nitrogen and oxygen atoms in total. The third kappa shape index (κ3) is 5.08. The number of hydrogen-bond acceptors (Lipinski definition) is 7. The van der Waals surface area contributed by atoms with E-state index in [1.807, 2.05) is 0 Å². The van der Waals surface area contributed by atoms with E-state index in [1.165, 1.54) is 53.0 Å². The Labute approximate surface area is 181 Å². The fourth-order valence-electron chi connectivity index (χ4n) is 2.59. The molecule has 4 aromatic rings. The molecule has 0 aliphatic rings. The number of ether oxygens (including phenoxy) is 1. The van der Waals surface area contributed by atoms with Crippen LogP contribution in [0.2, 0.25) is 0 Å². The van der Waals surface area contributed by atoms with Crippen molar-refractivity contribution in [1.82, 2.24) is 19.6 Å². The van der Waals surface area contributed by atoms with Crippen LogP contribution in [0.5, 0.6) is 0 Å². The molecule has 0 bridgehead atoms. The third-order valence-corrected chi connectivity index (χ3v) is 4.29. The van der Waals surface area contributed by atoms with Crippen LogP contribution >= 0.6 is 0 Å². The Morgan fingerprint density at radius 2 is 1.47 bits per heavy atom. The predicted molar refractivity (Wildman–Crippen MR) is 113 cm³/mol. The first-order valence-corrected chi connectivity index (χ1v) is 9.22. The molecule has 0 atom stereocenters. The van der Waals surface area contributed by atoms with Gasteiger partial charge in [0.25, 0.3) is 0 Å². The number of halogens is 2. The van der Waals surface area contributed by atoms with E-state index in [4.69, 9.17) is 16.6 Å². The average Bonchev–Trinajstić information content (AvgIpc) is 3.47. The Hall–Kier alpha value is -4.25.